The molecule has 0 saturated heterocycles. The van der Waals surface area contributed by atoms with Crippen LogP contribution in [0.15, 0.2) is 11.1 Å². The molecule has 92 valence electrons. The van der Waals surface area contributed by atoms with E-state index in [-0.39, 0.29) is 0 Å². The maximum Gasteiger partial charge on any atom is 0.207 e. The summed E-state index contributed by atoms with van der Waals surface area (Å²) in [5, 5.41) is 0.631. The molecule has 17 heavy (non-hydrogen) atoms. The van der Waals surface area contributed by atoms with E-state index in [0.717, 1.165) is 5.56 Å². The van der Waals surface area contributed by atoms with Crippen molar-refractivity contribution in [3.05, 3.63) is 16.7 Å². The fraction of sp³-hybridized carbons (Fsp3) is 0.333. The third-order valence-corrected chi connectivity index (χ3v) is 2.70. The molecule has 2 rings (SSSR count). The molecule has 4 nitrogen and oxygen atoms in total. The smallest absolute Gasteiger partial charge is 0.207 e. The molecule has 0 unspecified atom stereocenters. The molecular weight excluding hydrogens is 244 g/mol. The zero-order chi connectivity index (χ0) is 12.4. The summed E-state index contributed by atoms with van der Waals surface area (Å²) in [7, 11) is 4.68. The molecule has 0 amide bonds. The Bertz CT molecular complexity index is 468. The van der Waals surface area contributed by atoms with Crippen molar-refractivity contribution in [2.75, 3.05) is 27.9 Å². The average Bonchev–Trinajstić information content (AvgIpc) is 2.35. The molecule has 1 heterocycles. The molecule has 0 aliphatic carbocycles. The van der Waals surface area contributed by atoms with Gasteiger partial charge < -0.3 is 18.9 Å². The van der Waals surface area contributed by atoms with Crippen molar-refractivity contribution in [2.45, 2.75) is 0 Å². The van der Waals surface area contributed by atoms with Crippen molar-refractivity contribution >= 4 is 17.7 Å². The van der Waals surface area contributed by atoms with E-state index < -0.39 is 0 Å². The Kier molecular flexibility index (Phi) is 3.33. The van der Waals surface area contributed by atoms with Crippen molar-refractivity contribution in [3.8, 4) is 23.0 Å². The summed E-state index contributed by atoms with van der Waals surface area (Å²) in [6, 6.07) is 1.80. The lowest BCUT2D eigenvalue weighted by atomic mass is 10.1. The zero-order valence-electron chi connectivity index (χ0n) is 9.87. The lowest BCUT2D eigenvalue weighted by molar-refractivity contribution is 0.291. The first-order valence-corrected chi connectivity index (χ1v) is 5.41. The topological polar surface area (TPSA) is 36.9 Å². The molecule has 5 heteroatoms. The number of halogens is 1. The van der Waals surface area contributed by atoms with E-state index in [1.807, 2.05) is 6.08 Å². The Morgan fingerprint density at radius 2 is 1.82 bits per heavy atom. The maximum atomic E-state index is 5.93. The van der Waals surface area contributed by atoms with E-state index in [9.17, 15) is 0 Å². The van der Waals surface area contributed by atoms with Gasteiger partial charge in [-0.05, 0) is 12.1 Å². The van der Waals surface area contributed by atoms with Crippen LogP contribution < -0.4 is 18.9 Å². The summed E-state index contributed by atoms with van der Waals surface area (Å²) < 4.78 is 21.4. The molecule has 0 bridgehead atoms. The van der Waals surface area contributed by atoms with Gasteiger partial charge in [-0.2, -0.15) is 0 Å². The quantitative estimate of drug-likeness (QED) is 0.833. The lowest BCUT2D eigenvalue weighted by Gasteiger charge is -2.21. The third kappa shape index (κ3) is 2.00. The van der Waals surface area contributed by atoms with Gasteiger partial charge in [0.1, 0.15) is 6.61 Å². The molecule has 0 atom stereocenters. The monoisotopic (exact) mass is 256 g/mol. The van der Waals surface area contributed by atoms with Crippen LogP contribution in [0.3, 0.4) is 0 Å². The van der Waals surface area contributed by atoms with Gasteiger partial charge in [-0.25, -0.2) is 0 Å². The summed E-state index contributed by atoms with van der Waals surface area (Å²) in [6.07, 6.45) is 1.82. The fourth-order valence-electron chi connectivity index (χ4n) is 1.76. The highest BCUT2D eigenvalue weighted by Gasteiger charge is 2.23. The summed E-state index contributed by atoms with van der Waals surface area (Å²) in [5.41, 5.74) is 0.816. The number of benzene rings is 1. The van der Waals surface area contributed by atoms with Crippen LogP contribution in [0.1, 0.15) is 5.56 Å². The molecule has 1 aliphatic heterocycles. The van der Waals surface area contributed by atoms with Crippen LogP contribution in [0.25, 0.3) is 6.08 Å². The number of fused-ring (bicyclic) bond motifs is 1. The highest BCUT2D eigenvalue weighted by atomic mass is 35.5. The van der Waals surface area contributed by atoms with Crippen LogP contribution in [-0.2, 0) is 0 Å². The average molecular weight is 257 g/mol. The molecule has 0 N–H and O–H groups in total. The number of hydrogen-bond acceptors (Lipinski definition) is 4. The Morgan fingerprint density at radius 1 is 1.12 bits per heavy atom. The number of rotatable bonds is 3. The molecule has 1 aliphatic rings. The minimum atomic E-state index is 0.334. The van der Waals surface area contributed by atoms with Gasteiger partial charge in [0.25, 0.3) is 0 Å². The molecule has 0 aromatic heterocycles. The summed E-state index contributed by atoms with van der Waals surface area (Å²) in [5.74, 6) is 2.23. The second-order valence-electron chi connectivity index (χ2n) is 3.44. The Morgan fingerprint density at radius 3 is 2.41 bits per heavy atom. The maximum absolute atomic E-state index is 5.93. The third-order valence-electron chi connectivity index (χ3n) is 2.48. The first-order chi connectivity index (χ1) is 8.21. The second-order valence-corrected chi connectivity index (χ2v) is 3.93. The zero-order valence-corrected chi connectivity index (χ0v) is 10.6. The van der Waals surface area contributed by atoms with Crippen molar-refractivity contribution in [1.29, 1.82) is 0 Å². The molecule has 0 fully saturated rings. The number of ether oxygens (including phenoxy) is 4. The summed E-state index contributed by atoms with van der Waals surface area (Å²) in [4.78, 5) is 0. The van der Waals surface area contributed by atoms with E-state index in [0.29, 0.717) is 34.6 Å². The minimum Gasteiger partial charge on any atom is -0.493 e. The number of hydrogen-bond donors (Lipinski definition) is 0. The van der Waals surface area contributed by atoms with Gasteiger partial charge in [-0.3, -0.25) is 0 Å². The summed E-state index contributed by atoms with van der Waals surface area (Å²) in [6.45, 7) is 0.334. The second kappa shape index (κ2) is 4.75. The van der Waals surface area contributed by atoms with Gasteiger partial charge in [0, 0.05) is 5.56 Å². The molecule has 0 saturated carbocycles. The van der Waals surface area contributed by atoms with E-state index in [2.05, 4.69) is 0 Å². The van der Waals surface area contributed by atoms with Gasteiger partial charge in [0.2, 0.25) is 11.5 Å². The summed E-state index contributed by atoms with van der Waals surface area (Å²) >= 11 is 5.93. The van der Waals surface area contributed by atoms with Crippen molar-refractivity contribution in [3.63, 3.8) is 0 Å². The van der Waals surface area contributed by atoms with Crippen LogP contribution in [0.2, 0.25) is 0 Å². The first kappa shape index (κ1) is 11.9. The van der Waals surface area contributed by atoms with Gasteiger partial charge in [0.05, 0.1) is 26.4 Å². The number of methoxy groups -OCH3 is 3. The van der Waals surface area contributed by atoms with Gasteiger partial charge in [0.15, 0.2) is 11.5 Å². The molecule has 1 aromatic carbocycles. The standard InChI is InChI=1S/C12H13ClO4/c1-14-9-5-7-4-8(13)6-17-10(7)12(16-3)11(9)15-2/h4-5H,6H2,1-3H3. The predicted octanol–water partition coefficient (Wildman–Crippen LogP) is 2.68. The largest absolute Gasteiger partial charge is 0.493 e. The normalized spacial score (nSPS) is 13.3. The SMILES string of the molecule is COc1cc2c(c(OC)c1OC)OCC(Cl)=C2. The lowest BCUT2D eigenvalue weighted by Crippen LogP contribution is -2.07. The van der Waals surface area contributed by atoms with E-state index in [4.69, 9.17) is 30.5 Å². The minimum absolute atomic E-state index is 0.334. The van der Waals surface area contributed by atoms with Gasteiger partial charge >= 0.3 is 0 Å². The highest BCUT2D eigenvalue weighted by Crippen LogP contribution is 2.48. The van der Waals surface area contributed by atoms with Crippen LogP contribution >= 0.6 is 11.6 Å². The Labute approximate surface area is 105 Å². The van der Waals surface area contributed by atoms with Crippen LogP contribution in [0, 0.1) is 0 Å². The van der Waals surface area contributed by atoms with Crippen molar-refractivity contribution in [1.82, 2.24) is 0 Å². The van der Waals surface area contributed by atoms with Crippen molar-refractivity contribution < 1.29 is 18.9 Å². The fourth-order valence-corrected chi connectivity index (χ4v) is 1.93. The molecule has 0 spiro atoms. The van der Waals surface area contributed by atoms with E-state index in [1.54, 1.807) is 27.4 Å². The first-order valence-electron chi connectivity index (χ1n) is 5.03. The van der Waals surface area contributed by atoms with E-state index >= 15 is 0 Å². The van der Waals surface area contributed by atoms with Crippen molar-refractivity contribution in [2.24, 2.45) is 0 Å². The predicted molar refractivity (Wildman–Crippen MR) is 65.4 cm³/mol. The van der Waals surface area contributed by atoms with E-state index in [1.165, 1.54) is 0 Å². The Balaban J connectivity index is 2.66. The Hall–Kier alpha value is -1.55. The molecule has 1 aromatic rings. The van der Waals surface area contributed by atoms with Crippen LogP contribution in [0.4, 0.5) is 0 Å². The van der Waals surface area contributed by atoms with Gasteiger partial charge in [-0.15, -0.1) is 0 Å². The molecule has 0 radical (unpaired) electrons. The van der Waals surface area contributed by atoms with Gasteiger partial charge in [-0.1, -0.05) is 11.6 Å². The molecular formula is C12H13ClO4. The van der Waals surface area contributed by atoms with Crippen LogP contribution in [0.5, 0.6) is 23.0 Å². The van der Waals surface area contributed by atoms with Crippen LogP contribution in [-0.4, -0.2) is 27.9 Å². The highest BCUT2D eigenvalue weighted by molar-refractivity contribution is 6.32.